The Labute approximate surface area is 180 Å². The summed E-state index contributed by atoms with van der Waals surface area (Å²) in [4.78, 5) is 0. The maximum atomic E-state index is 6.39. The van der Waals surface area contributed by atoms with E-state index in [0.29, 0.717) is 13.2 Å². The molecule has 0 aromatic heterocycles. The van der Waals surface area contributed by atoms with Gasteiger partial charge in [-0.2, -0.15) is 0 Å². The molecule has 0 N–H and O–H groups in total. The van der Waals surface area contributed by atoms with Crippen molar-refractivity contribution in [1.82, 2.24) is 0 Å². The lowest BCUT2D eigenvalue weighted by atomic mass is 9.98. The zero-order valence-electron chi connectivity index (χ0n) is 19.3. The van der Waals surface area contributed by atoms with Crippen LogP contribution >= 0.6 is 0 Å². The molecule has 0 bridgehead atoms. The van der Waals surface area contributed by atoms with E-state index in [0.717, 1.165) is 25.7 Å². The fourth-order valence-corrected chi connectivity index (χ4v) is 4.28. The third-order valence-electron chi connectivity index (χ3n) is 6.12. The minimum atomic E-state index is -0.596. The molecule has 3 fully saturated rings. The van der Waals surface area contributed by atoms with Gasteiger partial charge in [-0.3, -0.25) is 0 Å². The minimum Gasteiger partial charge on any atom is -0.376 e. The largest absolute Gasteiger partial charge is 0.376 e. The Kier molecular flexibility index (Phi) is 9.34. The Bertz CT molecular complexity index is 504. The predicted molar refractivity (Wildman–Crippen MR) is 109 cm³/mol. The van der Waals surface area contributed by atoms with E-state index in [1.54, 1.807) is 14.2 Å². The van der Waals surface area contributed by atoms with Crippen molar-refractivity contribution in [2.45, 2.75) is 115 Å². The van der Waals surface area contributed by atoms with Crippen LogP contribution < -0.4 is 0 Å². The van der Waals surface area contributed by atoms with Crippen LogP contribution in [0.15, 0.2) is 0 Å². The van der Waals surface area contributed by atoms with Crippen LogP contribution in [0.1, 0.15) is 53.4 Å². The molecule has 3 aliphatic heterocycles. The van der Waals surface area contributed by atoms with Crippen molar-refractivity contribution in [3.05, 3.63) is 0 Å². The van der Waals surface area contributed by atoms with E-state index in [1.807, 2.05) is 13.8 Å². The highest BCUT2D eigenvalue weighted by Crippen LogP contribution is 2.41. The number of fused-ring (bicyclic) bond motifs is 1. The number of methoxy groups -OCH3 is 2. The third-order valence-corrected chi connectivity index (χ3v) is 6.12. The number of hydrogen-bond acceptors (Lipinski definition) is 8. The maximum Gasteiger partial charge on any atom is 0.187 e. The lowest BCUT2D eigenvalue weighted by molar-refractivity contribution is -0.331. The average molecular weight is 433 g/mol. The van der Waals surface area contributed by atoms with Gasteiger partial charge in [-0.05, 0) is 26.7 Å². The topological polar surface area (TPSA) is 77.1 Å². The van der Waals surface area contributed by atoms with Crippen LogP contribution in [0.3, 0.4) is 0 Å². The molecule has 3 rings (SSSR count). The first-order chi connectivity index (χ1) is 14.5. The first kappa shape index (κ1) is 24.3. The van der Waals surface area contributed by atoms with Crippen molar-refractivity contribution in [2.24, 2.45) is 0 Å². The van der Waals surface area contributed by atoms with E-state index in [9.17, 15) is 0 Å². The van der Waals surface area contributed by atoms with Gasteiger partial charge in [0, 0.05) is 27.4 Å². The fourth-order valence-electron chi connectivity index (χ4n) is 4.28. The Morgan fingerprint density at radius 1 is 0.633 bits per heavy atom. The van der Waals surface area contributed by atoms with Crippen molar-refractivity contribution in [3.63, 3.8) is 0 Å². The van der Waals surface area contributed by atoms with Crippen LogP contribution in [-0.2, 0) is 37.9 Å². The number of rotatable bonds is 12. The maximum absolute atomic E-state index is 6.39. The molecule has 0 amide bonds. The van der Waals surface area contributed by atoms with Gasteiger partial charge in [0.15, 0.2) is 12.6 Å². The molecule has 8 nitrogen and oxygen atoms in total. The van der Waals surface area contributed by atoms with Crippen molar-refractivity contribution in [1.29, 1.82) is 0 Å². The number of epoxide rings is 1. The van der Waals surface area contributed by atoms with Gasteiger partial charge >= 0.3 is 0 Å². The summed E-state index contributed by atoms with van der Waals surface area (Å²) in [6.45, 7) is 9.56. The molecule has 176 valence electrons. The number of hydrogen-bond donors (Lipinski definition) is 0. The van der Waals surface area contributed by atoms with Crippen molar-refractivity contribution >= 4 is 0 Å². The zero-order valence-corrected chi connectivity index (χ0v) is 19.3. The van der Waals surface area contributed by atoms with Crippen molar-refractivity contribution in [2.75, 3.05) is 27.4 Å². The van der Waals surface area contributed by atoms with E-state index in [2.05, 4.69) is 13.8 Å². The summed E-state index contributed by atoms with van der Waals surface area (Å²) in [5.41, 5.74) is 0. The second-order valence-electron chi connectivity index (χ2n) is 8.40. The third kappa shape index (κ3) is 5.53. The van der Waals surface area contributed by atoms with E-state index in [4.69, 9.17) is 37.9 Å². The van der Waals surface area contributed by atoms with Crippen LogP contribution in [0.25, 0.3) is 0 Å². The van der Waals surface area contributed by atoms with Crippen LogP contribution in [0, 0.1) is 0 Å². The molecule has 0 radical (unpaired) electrons. The van der Waals surface area contributed by atoms with Crippen LogP contribution in [0.5, 0.6) is 0 Å². The fraction of sp³-hybridized carbons (Fsp3) is 1.00. The highest BCUT2D eigenvalue weighted by Gasteiger charge is 2.59. The smallest absolute Gasteiger partial charge is 0.187 e. The normalized spacial score (nSPS) is 43.4. The van der Waals surface area contributed by atoms with E-state index >= 15 is 0 Å². The van der Waals surface area contributed by atoms with Gasteiger partial charge < -0.3 is 37.9 Å². The van der Waals surface area contributed by atoms with Crippen LogP contribution in [-0.4, -0.2) is 88.8 Å². The van der Waals surface area contributed by atoms with Crippen LogP contribution in [0.2, 0.25) is 0 Å². The van der Waals surface area contributed by atoms with E-state index < -0.39 is 12.4 Å². The van der Waals surface area contributed by atoms with Gasteiger partial charge in [-0.1, -0.05) is 26.7 Å². The summed E-state index contributed by atoms with van der Waals surface area (Å²) < 4.78 is 47.9. The SMILES string of the molecule is CCCCO[C@H]1O[C@H](C)[C@@H](O[C@@H]2O[C@H](C)[C@@H](OC)[C@H](OCCCC)[C@H]2OC)[C@H]2O[C@@H]12. The lowest BCUT2D eigenvalue weighted by Gasteiger charge is -2.45. The van der Waals surface area contributed by atoms with Gasteiger partial charge in [0.1, 0.15) is 36.6 Å². The highest BCUT2D eigenvalue weighted by atomic mass is 16.8. The number of ether oxygens (including phenoxy) is 8. The van der Waals surface area contributed by atoms with Gasteiger partial charge in [-0.25, -0.2) is 0 Å². The molecule has 0 aromatic rings. The van der Waals surface area contributed by atoms with E-state index in [-0.39, 0.29) is 49.0 Å². The molecule has 0 aromatic carbocycles. The Morgan fingerprint density at radius 3 is 1.87 bits per heavy atom. The molecule has 30 heavy (non-hydrogen) atoms. The Morgan fingerprint density at radius 2 is 1.23 bits per heavy atom. The summed E-state index contributed by atoms with van der Waals surface area (Å²) in [6.07, 6.45) is 1.51. The molecule has 8 heteroatoms. The summed E-state index contributed by atoms with van der Waals surface area (Å²) >= 11 is 0. The molecule has 0 spiro atoms. The molecule has 3 heterocycles. The predicted octanol–water partition coefficient (Wildman–Crippen LogP) is 2.66. The molecule has 3 aliphatic rings. The lowest BCUT2D eigenvalue weighted by Crippen LogP contribution is -2.61. The van der Waals surface area contributed by atoms with Gasteiger partial charge in [0.05, 0.1) is 12.2 Å². The summed E-state index contributed by atoms with van der Waals surface area (Å²) in [6, 6.07) is 0. The Hall–Kier alpha value is -0.320. The van der Waals surface area contributed by atoms with Gasteiger partial charge in [-0.15, -0.1) is 0 Å². The van der Waals surface area contributed by atoms with Crippen molar-refractivity contribution in [3.8, 4) is 0 Å². The second kappa shape index (κ2) is 11.5. The van der Waals surface area contributed by atoms with E-state index in [1.165, 1.54) is 0 Å². The quantitative estimate of drug-likeness (QED) is 0.344. The second-order valence-corrected chi connectivity index (χ2v) is 8.40. The van der Waals surface area contributed by atoms with Crippen LogP contribution in [0.4, 0.5) is 0 Å². The average Bonchev–Trinajstić information content (AvgIpc) is 3.52. The molecule has 0 unspecified atom stereocenters. The standard InChI is InChI=1S/C22H40O8/c1-7-9-11-25-17-15(23-5)13(3)28-22(19(17)24-6)30-16-14(4)27-21(20-18(16)29-20)26-12-10-8-2/h13-22H,7-12H2,1-6H3/t13-,14-,15-,16-,17+,18-,19-,20-,21+,22+/m1/s1. The first-order valence-electron chi connectivity index (χ1n) is 11.5. The van der Waals surface area contributed by atoms with Crippen molar-refractivity contribution < 1.29 is 37.9 Å². The summed E-state index contributed by atoms with van der Waals surface area (Å²) in [5.74, 6) is 0. The summed E-state index contributed by atoms with van der Waals surface area (Å²) in [7, 11) is 3.32. The molecule has 0 saturated carbocycles. The molecular weight excluding hydrogens is 392 g/mol. The molecule has 0 aliphatic carbocycles. The minimum absolute atomic E-state index is 0.0589. The molecule has 10 atom stereocenters. The van der Waals surface area contributed by atoms with Gasteiger partial charge in [0.2, 0.25) is 0 Å². The monoisotopic (exact) mass is 432 g/mol. The number of unbranched alkanes of at least 4 members (excludes halogenated alkanes) is 2. The summed E-state index contributed by atoms with van der Waals surface area (Å²) in [5, 5.41) is 0. The highest BCUT2D eigenvalue weighted by molar-refractivity contribution is 5.02. The first-order valence-corrected chi connectivity index (χ1v) is 11.5. The molecule has 3 saturated heterocycles. The van der Waals surface area contributed by atoms with Gasteiger partial charge in [0.25, 0.3) is 0 Å². The molecular formula is C22H40O8. The zero-order chi connectivity index (χ0) is 21.7. The Balaban J connectivity index is 1.62.